The molecule has 0 bridgehead atoms. The predicted molar refractivity (Wildman–Crippen MR) is 48.9 cm³/mol. The van der Waals surface area contributed by atoms with Gasteiger partial charge in [0.1, 0.15) is 5.82 Å². The van der Waals surface area contributed by atoms with Gasteiger partial charge in [0, 0.05) is 10.9 Å². The van der Waals surface area contributed by atoms with Gasteiger partial charge in [-0.05, 0) is 24.3 Å². The van der Waals surface area contributed by atoms with Gasteiger partial charge in [-0.3, -0.25) is 4.79 Å². The van der Waals surface area contributed by atoms with Gasteiger partial charge in [-0.2, -0.15) is 0 Å². The number of fused-ring (bicyclic) bond motifs is 1. The minimum absolute atomic E-state index is 0.0955. The van der Waals surface area contributed by atoms with E-state index in [1.165, 1.54) is 24.3 Å². The summed E-state index contributed by atoms with van der Waals surface area (Å²) in [4.78, 5) is 13.6. The average molecular weight is 178 g/mol. The maximum Gasteiger partial charge on any atom is 0.271 e. The number of pyridine rings is 1. The van der Waals surface area contributed by atoms with Crippen LogP contribution >= 0.6 is 0 Å². The molecule has 0 saturated heterocycles. The summed E-state index contributed by atoms with van der Waals surface area (Å²) in [5.74, 6) is -0.348. The fourth-order valence-corrected chi connectivity index (χ4v) is 1.19. The number of rotatable bonds is 0. The molecule has 0 aliphatic rings. The second kappa shape index (κ2) is 2.58. The first-order chi connectivity index (χ1) is 6.16. The van der Waals surface area contributed by atoms with Gasteiger partial charge in [-0.1, -0.05) is 0 Å². The Morgan fingerprint density at radius 1 is 1.31 bits per heavy atom. The highest BCUT2D eigenvalue weighted by atomic mass is 19.1. The monoisotopic (exact) mass is 178 g/mol. The fourth-order valence-electron chi connectivity index (χ4n) is 1.19. The quantitative estimate of drug-likeness (QED) is 0.637. The van der Waals surface area contributed by atoms with Crippen molar-refractivity contribution < 1.29 is 4.39 Å². The number of halogens is 1. The van der Waals surface area contributed by atoms with Crippen molar-refractivity contribution in [3.63, 3.8) is 0 Å². The van der Waals surface area contributed by atoms with Gasteiger partial charge in [0.15, 0.2) is 0 Å². The zero-order valence-corrected chi connectivity index (χ0v) is 6.67. The normalized spacial score (nSPS) is 10.5. The van der Waals surface area contributed by atoms with Gasteiger partial charge in [-0.25, -0.2) is 4.39 Å². The highest BCUT2D eigenvalue weighted by Gasteiger charge is 1.99. The number of hydrogen-bond donors (Lipinski definition) is 2. The van der Waals surface area contributed by atoms with Gasteiger partial charge < -0.3 is 10.7 Å². The SMILES string of the molecule is Nc1cc2cc(F)ccc2[nH]c1=O. The predicted octanol–water partition coefficient (Wildman–Crippen LogP) is 1.25. The van der Waals surface area contributed by atoms with Crippen LogP contribution in [-0.2, 0) is 0 Å². The lowest BCUT2D eigenvalue weighted by atomic mass is 10.2. The number of anilines is 1. The number of nitrogen functional groups attached to an aromatic ring is 1. The van der Waals surface area contributed by atoms with Crippen LogP contribution < -0.4 is 11.3 Å². The molecule has 1 aromatic carbocycles. The van der Waals surface area contributed by atoms with E-state index in [1.54, 1.807) is 0 Å². The molecule has 0 amide bonds. The van der Waals surface area contributed by atoms with E-state index in [2.05, 4.69) is 4.98 Å². The third-order valence-electron chi connectivity index (χ3n) is 1.84. The van der Waals surface area contributed by atoms with Gasteiger partial charge >= 0.3 is 0 Å². The number of H-pyrrole nitrogens is 1. The first-order valence-corrected chi connectivity index (χ1v) is 3.75. The highest BCUT2D eigenvalue weighted by molar-refractivity contribution is 5.80. The molecule has 0 atom stereocenters. The summed E-state index contributed by atoms with van der Waals surface area (Å²) in [6.45, 7) is 0. The number of hydrogen-bond acceptors (Lipinski definition) is 2. The largest absolute Gasteiger partial charge is 0.394 e. The van der Waals surface area contributed by atoms with Crippen LogP contribution in [0.1, 0.15) is 0 Å². The van der Waals surface area contributed by atoms with Crippen LogP contribution in [0.3, 0.4) is 0 Å². The molecule has 0 unspecified atom stereocenters. The van der Waals surface area contributed by atoms with Crippen molar-refractivity contribution in [2.24, 2.45) is 0 Å². The standard InChI is InChI=1S/C9H7FN2O/c10-6-1-2-8-5(3-6)4-7(11)9(13)12-8/h1-4H,11H2,(H,12,13). The molecule has 1 heterocycles. The molecule has 1 aromatic heterocycles. The van der Waals surface area contributed by atoms with E-state index in [9.17, 15) is 9.18 Å². The molecule has 2 rings (SSSR count). The van der Waals surface area contributed by atoms with Crippen molar-refractivity contribution in [3.8, 4) is 0 Å². The molecule has 13 heavy (non-hydrogen) atoms. The maximum atomic E-state index is 12.7. The van der Waals surface area contributed by atoms with Crippen LogP contribution in [-0.4, -0.2) is 4.98 Å². The van der Waals surface area contributed by atoms with Gasteiger partial charge in [0.25, 0.3) is 5.56 Å². The van der Waals surface area contributed by atoms with E-state index in [4.69, 9.17) is 5.73 Å². The van der Waals surface area contributed by atoms with Gasteiger partial charge in [0.2, 0.25) is 0 Å². The van der Waals surface area contributed by atoms with E-state index >= 15 is 0 Å². The Morgan fingerprint density at radius 2 is 2.08 bits per heavy atom. The van der Waals surface area contributed by atoms with E-state index in [0.29, 0.717) is 10.9 Å². The Labute approximate surface area is 73.0 Å². The van der Waals surface area contributed by atoms with Gasteiger partial charge in [-0.15, -0.1) is 0 Å². The Bertz CT molecular complexity index is 518. The van der Waals surface area contributed by atoms with E-state index < -0.39 is 0 Å². The number of aromatic amines is 1. The molecule has 3 N–H and O–H groups in total. The number of nitrogens with one attached hydrogen (secondary N) is 1. The zero-order valence-electron chi connectivity index (χ0n) is 6.67. The first-order valence-electron chi connectivity index (χ1n) is 3.75. The third kappa shape index (κ3) is 1.26. The van der Waals surface area contributed by atoms with Crippen molar-refractivity contribution in [1.29, 1.82) is 0 Å². The number of nitrogens with two attached hydrogens (primary N) is 1. The van der Waals surface area contributed by atoms with Crippen molar-refractivity contribution in [3.05, 3.63) is 40.4 Å². The van der Waals surface area contributed by atoms with Gasteiger partial charge in [0.05, 0.1) is 5.69 Å². The summed E-state index contributed by atoms with van der Waals surface area (Å²) in [5.41, 5.74) is 5.70. The average Bonchev–Trinajstić information content (AvgIpc) is 2.08. The van der Waals surface area contributed by atoms with E-state index in [-0.39, 0.29) is 17.1 Å². The lowest BCUT2D eigenvalue weighted by Gasteiger charge is -1.98. The van der Waals surface area contributed by atoms with Crippen molar-refractivity contribution in [2.45, 2.75) is 0 Å². The first kappa shape index (κ1) is 7.79. The minimum Gasteiger partial charge on any atom is -0.394 e. The molecule has 0 aliphatic heterocycles. The molecule has 2 aromatic rings. The molecular formula is C9H7FN2O. The topological polar surface area (TPSA) is 58.9 Å². The smallest absolute Gasteiger partial charge is 0.271 e. The second-order valence-electron chi connectivity index (χ2n) is 2.79. The molecular weight excluding hydrogens is 171 g/mol. The Balaban J connectivity index is 2.89. The second-order valence-corrected chi connectivity index (χ2v) is 2.79. The van der Waals surface area contributed by atoms with Crippen LogP contribution in [0.25, 0.3) is 10.9 Å². The molecule has 3 nitrogen and oxygen atoms in total. The summed E-state index contributed by atoms with van der Waals surface area (Å²) >= 11 is 0. The Kier molecular flexibility index (Phi) is 1.55. The Morgan fingerprint density at radius 3 is 2.85 bits per heavy atom. The molecule has 0 aliphatic carbocycles. The lowest BCUT2D eigenvalue weighted by Crippen LogP contribution is -2.10. The summed E-state index contributed by atoms with van der Waals surface area (Å²) in [5, 5.41) is 0.595. The molecule has 0 radical (unpaired) electrons. The van der Waals surface area contributed by atoms with Crippen LogP contribution in [0.5, 0.6) is 0 Å². The molecule has 0 saturated carbocycles. The number of aromatic nitrogens is 1. The summed E-state index contributed by atoms with van der Waals surface area (Å²) in [6, 6.07) is 5.57. The Hall–Kier alpha value is -1.84. The van der Waals surface area contributed by atoms with Crippen LogP contribution in [0.4, 0.5) is 10.1 Å². The minimum atomic E-state index is -0.348. The maximum absolute atomic E-state index is 12.7. The fraction of sp³-hybridized carbons (Fsp3) is 0. The van der Waals surface area contributed by atoms with E-state index in [0.717, 1.165) is 0 Å². The van der Waals surface area contributed by atoms with Crippen molar-refractivity contribution >= 4 is 16.6 Å². The zero-order chi connectivity index (χ0) is 9.42. The summed E-state index contributed by atoms with van der Waals surface area (Å²) < 4.78 is 12.7. The lowest BCUT2D eigenvalue weighted by molar-refractivity contribution is 0.629. The summed E-state index contributed by atoms with van der Waals surface area (Å²) in [6.07, 6.45) is 0. The molecule has 0 fully saturated rings. The van der Waals surface area contributed by atoms with Crippen LogP contribution in [0.2, 0.25) is 0 Å². The number of benzene rings is 1. The molecule has 0 spiro atoms. The highest BCUT2D eigenvalue weighted by Crippen LogP contribution is 2.12. The van der Waals surface area contributed by atoms with Crippen LogP contribution in [0.15, 0.2) is 29.1 Å². The van der Waals surface area contributed by atoms with Crippen molar-refractivity contribution in [2.75, 3.05) is 5.73 Å². The van der Waals surface area contributed by atoms with E-state index in [1.807, 2.05) is 0 Å². The third-order valence-corrected chi connectivity index (χ3v) is 1.84. The van der Waals surface area contributed by atoms with Crippen molar-refractivity contribution in [1.82, 2.24) is 4.98 Å². The molecule has 4 heteroatoms. The molecule has 66 valence electrons. The summed E-state index contributed by atoms with van der Waals surface area (Å²) in [7, 11) is 0. The van der Waals surface area contributed by atoms with Crippen LogP contribution in [0, 0.1) is 5.82 Å².